The van der Waals surface area contributed by atoms with Crippen molar-refractivity contribution in [2.45, 2.75) is 95.2 Å². The number of anilines is 2. The van der Waals surface area contributed by atoms with E-state index in [1.54, 1.807) is 61.9 Å². The molecule has 0 spiro atoms. The lowest BCUT2D eigenvalue weighted by molar-refractivity contribution is -0.138. The number of halogens is 2. The lowest BCUT2D eigenvalue weighted by Gasteiger charge is -2.38. The number of ketones is 1. The van der Waals surface area contributed by atoms with Crippen molar-refractivity contribution in [3.63, 3.8) is 0 Å². The Morgan fingerprint density at radius 3 is 2.39 bits per heavy atom. The number of benzene rings is 2. The molecular weight excluding hydrogens is 1050 g/mol. The highest BCUT2D eigenvalue weighted by Crippen LogP contribution is 2.44. The number of hydrogen-bond acceptors (Lipinski definition) is 16. The average molecular weight is 1130 g/mol. The van der Waals surface area contributed by atoms with E-state index in [9.17, 15) is 32.8 Å². The Labute approximate surface area is 470 Å². The molecular formula is C57H74F2N12O8S. The first-order valence-electron chi connectivity index (χ1n) is 27.7. The minimum Gasteiger partial charge on any atom is -0.481 e. The summed E-state index contributed by atoms with van der Waals surface area (Å²) in [6, 6.07) is 9.38. The number of nitrogens with zero attached hydrogens (tertiary/aromatic N) is 9. The second-order valence-electron chi connectivity index (χ2n) is 21.2. The molecule has 2 bridgehead atoms. The van der Waals surface area contributed by atoms with Crippen molar-refractivity contribution in [3.05, 3.63) is 88.7 Å². The van der Waals surface area contributed by atoms with E-state index in [1.165, 1.54) is 48.2 Å². The monoisotopic (exact) mass is 1120 g/mol. The molecule has 2 aromatic heterocycles. The number of nitrogens with one attached hydrogen (secondary N) is 2. The number of ether oxygens (including phenoxy) is 3. The van der Waals surface area contributed by atoms with Crippen LogP contribution in [0.25, 0.3) is 11.1 Å². The van der Waals surface area contributed by atoms with Gasteiger partial charge < -0.3 is 55.1 Å². The highest BCUT2D eigenvalue weighted by Gasteiger charge is 2.43. The van der Waals surface area contributed by atoms with E-state index in [4.69, 9.17) is 30.0 Å². The number of likely N-dealkylation sites (N-methyl/N-ethyl adjacent to an activating group) is 2. The van der Waals surface area contributed by atoms with Crippen LogP contribution in [-0.2, 0) is 36.9 Å². The summed E-state index contributed by atoms with van der Waals surface area (Å²) in [6.45, 7) is 7.18. The van der Waals surface area contributed by atoms with Crippen molar-refractivity contribution < 1.29 is 47.0 Å². The van der Waals surface area contributed by atoms with Gasteiger partial charge in [0.15, 0.2) is 5.78 Å². The number of nitrogen functional groups attached to an aromatic ring is 1. The first-order valence-corrected chi connectivity index (χ1v) is 28.7. The molecule has 3 fully saturated rings. The number of thioether (sulfide) groups is 1. The van der Waals surface area contributed by atoms with Crippen LogP contribution in [-0.4, -0.2) is 193 Å². The number of methoxy groups -OCH3 is 1. The van der Waals surface area contributed by atoms with Crippen molar-refractivity contribution in [1.82, 2.24) is 45.0 Å². The molecule has 7 heterocycles. The summed E-state index contributed by atoms with van der Waals surface area (Å²) in [5.74, 6) is -0.612. The Balaban J connectivity index is 0.720. The molecule has 5 aliphatic heterocycles. The first-order chi connectivity index (χ1) is 38.6. The van der Waals surface area contributed by atoms with Crippen molar-refractivity contribution in [2.24, 2.45) is 10.9 Å². The largest absolute Gasteiger partial charge is 0.481 e. The standard InChI is InChI=1S/C57H74F2N12O8S/c1-35(61-2)53(74)64-50(56(76)70-20-7-9-46(70)54-63-44(34-80-54)51(73)37-10-12-39(58)13-11-37)36-16-21-68(22-17-36)25-27-79-29-28-78-26-18-48(72)66(3)23-24-71-57(77-5)49-38-30-47(52(60)62-32-38)69-19-6-8-45(69)42-31-40(59)14-15-41(42)55(75)67(4)33-43(49)65-71/h10-15,30-32,35-36,44-46,50,61H,6-9,16-29,33-34H2,1-5H3,(H2,60,62)(H,64,74)/t35-,44?,45-,46-,50-/m1/s1. The molecule has 4 aromatic rings. The maximum absolute atomic E-state index is 14.8. The van der Waals surface area contributed by atoms with Crippen LogP contribution in [0.4, 0.5) is 20.3 Å². The van der Waals surface area contributed by atoms with Gasteiger partial charge in [-0.05, 0) is 126 Å². The Hall–Kier alpha value is -6.53. The fourth-order valence-corrected chi connectivity index (χ4v) is 12.7. The number of pyridine rings is 1. The third-order valence-electron chi connectivity index (χ3n) is 16.1. The van der Waals surface area contributed by atoms with E-state index >= 15 is 0 Å². The maximum atomic E-state index is 14.8. The quantitative estimate of drug-likeness (QED) is 0.0753. The Kier molecular flexibility index (Phi) is 19.2. The normalized spacial score (nSPS) is 20.3. The molecule has 5 atom stereocenters. The summed E-state index contributed by atoms with van der Waals surface area (Å²) < 4.78 is 47.7. The van der Waals surface area contributed by atoms with E-state index < -0.39 is 29.8 Å². The molecule has 23 heteroatoms. The number of rotatable bonds is 21. The molecule has 5 aliphatic rings. The summed E-state index contributed by atoms with van der Waals surface area (Å²) in [6.07, 6.45) is 6.29. The van der Waals surface area contributed by atoms with E-state index in [0.717, 1.165) is 37.4 Å². The molecule has 20 nitrogen and oxygen atoms in total. The third kappa shape index (κ3) is 13.1. The molecule has 3 saturated heterocycles. The van der Waals surface area contributed by atoms with Crippen molar-refractivity contribution in [3.8, 4) is 17.0 Å². The van der Waals surface area contributed by atoms with Gasteiger partial charge in [-0.1, -0.05) is 0 Å². The van der Waals surface area contributed by atoms with Gasteiger partial charge in [-0.15, -0.1) is 11.8 Å². The van der Waals surface area contributed by atoms with Crippen molar-refractivity contribution >= 4 is 57.7 Å². The van der Waals surface area contributed by atoms with Gasteiger partial charge in [0.2, 0.25) is 23.6 Å². The summed E-state index contributed by atoms with van der Waals surface area (Å²) in [4.78, 5) is 87.2. The lowest BCUT2D eigenvalue weighted by atomic mass is 9.88. The highest BCUT2D eigenvalue weighted by atomic mass is 32.2. The Morgan fingerprint density at radius 2 is 1.64 bits per heavy atom. The highest BCUT2D eigenvalue weighted by molar-refractivity contribution is 8.14. The molecule has 0 saturated carbocycles. The van der Waals surface area contributed by atoms with Crippen LogP contribution in [0.3, 0.4) is 0 Å². The summed E-state index contributed by atoms with van der Waals surface area (Å²) in [7, 11) is 6.69. The number of nitrogens with two attached hydrogens (primary N) is 1. The summed E-state index contributed by atoms with van der Waals surface area (Å²) in [5.41, 5.74) is 10.5. The second kappa shape index (κ2) is 26.4. The maximum Gasteiger partial charge on any atom is 0.254 e. The molecule has 430 valence electrons. The average Bonchev–Trinajstić information content (AvgIpc) is 4.33. The number of carbonyl (C=O) groups is 5. The number of aromatic nitrogens is 3. The van der Waals surface area contributed by atoms with Crippen LogP contribution in [0, 0.1) is 17.6 Å². The molecule has 0 radical (unpaired) electrons. The number of fused-ring (bicyclic) bond motifs is 8. The number of likely N-dealkylation sites (tertiary alicyclic amines) is 2. The molecule has 2 aromatic carbocycles. The SMILES string of the molecule is CN[C@H](C)C(=O)N[C@@H](C(=O)N1CCC[C@@H]1C1=NC(C(=O)c2ccc(F)cc2)CS1)C1CCN(CCOCCOCCC(=O)N(C)CCn2nc3c(c2OC)-c2cnc(N)c(c2)N2CCC[C@@H]2c2cc(F)ccc2C(=O)N(C)C3)CC1. The van der Waals surface area contributed by atoms with Gasteiger partial charge in [0.05, 0.1) is 93.2 Å². The molecule has 80 heavy (non-hydrogen) atoms. The van der Waals surface area contributed by atoms with Gasteiger partial charge in [0, 0.05) is 68.9 Å². The molecule has 1 unspecified atom stereocenters. The van der Waals surface area contributed by atoms with E-state index in [0.29, 0.717) is 128 Å². The van der Waals surface area contributed by atoms with Crippen molar-refractivity contribution in [2.75, 3.05) is 110 Å². The van der Waals surface area contributed by atoms with Gasteiger partial charge in [-0.3, -0.25) is 29.0 Å². The van der Waals surface area contributed by atoms with Crippen molar-refractivity contribution in [1.29, 1.82) is 0 Å². The van der Waals surface area contributed by atoms with E-state index in [2.05, 4.69) is 25.4 Å². The minimum atomic E-state index is -0.715. The van der Waals surface area contributed by atoms with Crippen LogP contribution in [0.2, 0.25) is 0 Å². The molecule has 4 amide bonds. The lowest BCUT2D eigenvalue weighted by Crippen LogP contribution is -2.58. The number of aliphatic imine (C=N–C) groups is 1. The van der Waals surface area contributed by atoms with Gasteiger partial charge in [0.25, 0.3) is 5.91 Å². The fraction of sp³-hybridized carbons (Fsp3) is 0.544. The zero-order valence-corrected chi connectivity index (χ0v) is 47.2. The van der Waals surface area contributed by atoms with E-state index in [1.807, 2.05) is 11.0 Å². The third-order valence-corrected chi connectivity index (χ3v) is 17.3. The zero-order valence-electron chi connectivity index (χ0n) is 46.3. The predicted molar refractivity (Wildman–Crippen MR) is 301 cm³/mol. The van der Waals surface area contributed by atoms with Gasteiger partial charge in [-0.2, -0.15) is 5.10 Å². The topological polar surface area (TPSA) is 222 Å². The van der Waals surface area contributed by atoms with Crippen LogP contribution in [0.5, 0.6) is 5.88 Å². The fourth-order valence-electron chi connectivity index (χ4n) is 11.5. The van der Waals surface area contributed by atoms with Crippen LogP contribution in [0.15, 0.2) is 59.7 Å². The number of Topliss-reactive ketones (excluding diaryl/α,β-unsaturated/α-hetero) is 1. The van der Waals surface area contributed by atoms with Gasteiger partial charge in [0.1, 0.15) is 29.5 Å². The summed E-state index contributed by atoms with van der Waals surface area (Å²) in [5, 5.41) is 11.8. The summed E-state index contributed by atoms with van der Waals surface area (Å²) >= 11 is 1.49. The molecule has 4 N–H and O–H groups in total. The van der Waals surface area contributed by atoms with Gasteiger partial charge >= 0.3 is 0 Å². The number of amides is 4. The first kappa shape index (κ1) is 58.1. The minimum absolute atomic E-state index is 0.0808. The Morgan fingerprint density at radius 1 is 0.912 bits per heavy atom. The second-order valence-corrected chi connectivity index (χ2v) is 22.3. The number of carbonyl (C=O) groups excluding carboxylic acids is 5. The molecule has 0 aliphatic carbocycles. The van der Waals surface area contributed by atoms with Crippen LogP contribution in [0.1, 0.15) is 89.9 Å². The number of piperidine rings is 1. The van der Waals surface area contributed by atoms with Crippen LogP contribution >= 0.6 is 11.8 Å². The zero-order chi connectivity index (χ0) is 56.6. The molecule has 9 rings (SSSR count). The van der Waals surface area contributed by atoms with Gasteiger partial charge in [-0.25, -0.2) is 18.4 Å². The predicted octanol–water partition coefficient (Wildman–Crippen LogP) is 4.82. The smallest absolute Gasteiger partial charge is 0.254 e. The van der Waals surface area contributed by atoms with E-state index in [-0.39, 0.29) is 67.0 Å². The number of hydrogen-bond donors (Lipinski definition) is 3. The van der Waals surface area contributed by atoms with Crippen LogP contribution < -0.4 is 26.0 Å². The Bertz CT molecular complexity index is 2920.